The molecule has 1 aliphatic heterocycles. The summed E-state index contributed by atoms with van der Waals surface area (Å²) in [6.45, 7) is 10.8. The summed E-state index contributed by atoms with van der Waals surface area (Å²) < 4.78 is 26.4. The molecule has 1 atom stereocenters. The molecule has 0 radical (unpaired) electrons. The van der Waals surface area contributed by atoms with E-state index in [4.69, 9.17) is 18.9 Å². The maximum atomic E-state index is 14.2. The minimum absolute atomic E-state index is 0.231. The van der Waals surface area contributed by atoms with Crippen molar-refractivity contribution < 1.29 is 28.5 Å². The van der Waals surface area contributed by atoms with Crippen LogP contribution < -0.4 is 24.4 Å². The van der Waals surface area contributed by atoms with E-state index >= 15 is 0 Å². The zero-order valence-corrected chi connectivity index (χ0v) is 29.6. The number of hydrogen-bond acceptors (Lipinski definition) is 10. The topological polar surface area (TPSA) is 110 Å². The van der Waals surface area contributed by atoms with E-state index in [1.807, 2.05) is 52.8 Å². The Kier molecular flexibility index (Phi) is 9.75. The van der Waals surface area contributed by atoms with Crippen LogP contribution in [0.2, 0.25) is 0 Å². The minimum atomic E-state index is -0.789. The highest BCUT2D eigenvalue weighted by Gasteiger charge is 2.32. The molecule has 0 saturated heterocycles. The first-order valence-corrected chi connectivity index (χ1v) is 17.8. The fourth-order valence-corrected chi connectivity index (χ4v) is 8.95. The molecular weight excluding hydrogens is 651 g/mol. The number of aryl methyl sites for hydroxylation is 2. The predicted octanol–water partition coefficient (Wildman–Crippen LogP) is 5.34. The van der Waals surface area contributed by atoms with Gasteiger partial charge in [0.2, 0.25) is 0 Å². The highest BCUT2D eigenvalue weighted by atomic mass is 32.1. The van der Waals surface area contributed by atoms with Crippen LogP contribution >= 0.6 is 22.7 Å². The van der Waals surface area contributed by atoms with Gasteiger partial charge in [0.25, 0.3) is 5.56 Å². The number of aromatic nitrogens is 2. The van der Waals surface area contributed by atoms with Gasteiger partial charge in [-0.2, -0.15) is 0 Å². The van der Waals surface area contributed by atoms with Crippen molar-refractivity contribution in [3.05, 3.63) is 94.2 Å². The van der Waals surface area contributed by atoms with Crippen LogP contribution in [0.4, 0.5) is 0 Å². The first-order valence-electron chi connectivity index (χ1n) is 16.2. The Labute approximate surface area is 286 Å². The van der Waals surface area contributed by atoms with Gasteiger partial charge in [-0.15, -0.1) is 11.3 Å². The normalized spacial score (nSPS) is 15.7. The SMILES string of the molecule is CCOC(=O)c1c(-n2c(C)cc(/C=c3\sc4n(c3=O)[C@@H](c3ccc(OCC)c(OCC)c3)C(C(=O)OC)=CN=4)c2C)sc2c1CCCC2. The van der Waals surface area contributed by atoms with Gasteiger partial charge in [-0.25, -0.2) is 14.6 Å². The lowest BCUT2D eigenvalue weighted by atomic mass is 9.95. The molecule has 4 heterocycles. The van der Waals surface area contributed by atoms with Crippen molar-refractivity contribution in [2.45, 2.75) is 66.3 Å². The molecule has 0 bridgehead atoms. The summed E-state index contributed by atoms with van der Waals surface area (Å²) >= 11 is 2.91. The van der Waals surface area contributed by atoms with Crippen LogP contribution in [0.1, 0.15) is 83.0 Å². The molecule has 0 fully saturated rings. The van der Waals surface area contributed by atoms with Gasteiger partial charge in [-0.05, 0) is 101 Å². The summed E-state index contributed by atoms with van der Waals surface area (Å²) in [5.74, 6) is 0.221. The second kappa shape index (κ2) is 14.0. The largest absolute Gasteiger partial charge is 0.490 e. The smallest absolute Gasteiger partial charge is 0.341 e. The van der Waals surface area contributed by atoms with Crippen LogP contribution in [0.3, 0.4) is 0 Å². The highest BCUT2D eigenvalue weighted by molar-refractivity contribution is 7.15. The molecule has 10 nitrogen and oxygen atoms in total. The van der Waals surface area contributed by atoms with E-state index in [0.717, 1.165) is 53.2 Å². The van der Waals surface area contributed by atoms with E-state index in [2.05, 4.69) is 9.56 Å². The summed E-state index contributed by atoms with van der Waals surface area (Å²) in [4.78, 5) is 46.7. The molecule has 0 amide bonds. The lowest BCUT2D eigenvalue weighted by Gasteiger charge is -2.23. The second-order valence-corrected chi connectivity index (χ2v) is 13.6. The number of ether oxygens (including phenoxy) is 4. The summed E-state index contributed by atoms with van der Waals surface area (Å²) in [5.41, 5.74) is 5.06. The first kappa shape index (κ1) is 33.5. The molecule has 48 heavy (non-hydrogen) atoms. The van der Waals surface area contributed by atoms with Crippen molar-refractivity contribution in [2.24, 2.45) is 4.99 Å². The molecule has 0 saturated carbocycles. The minimum Gasteiger partial charge on any atom is -0.490 e. The third-order valence-corrected chi connectivity index (χ3v) is 10.9. The van der Waals surface area contributed by atoms with Crippen molar-refractivity contribution in [1.82, 2.24) is 9.13 Å². The van der Waals surface area contributed by atoms with Crippen molar-refractivity contribution in [3.63, 3.8) is 0 Å². The van der Waals surface area contributed by atoms with Gasteiger partial charge in [0.05, 0.1) is 48.6 Å². The van der Waals surface area contributed by atoms with Gasteiger partial charge in [0.1, 0.15) is 5.00 Å². The molecule has 1 aliphatic carbocycles. The number of carbonyl (C=O) groups excluding carboxylic acids is 2. The van der Waals surface area contributed by atoms with Crippen LogP contribution in [0.25, 0.3) is 11.1 Å². The number of thiazole rings is 1. The molecule has 4 aromatic rings. The van der Waals surface area contributed by atoms with Crippen LogP contribution in [0.5, 0.6) is 11.5 Å². The Hall–Kier alpha value is -4.42. The van der Waals surface area contributed by atoms with Crippen molar-refractivity contribution in [3.8, 4) is 16.5 Å². The molecule has 0 spiro atoms. The third kappa shape index (κ3) is 5.92. The van der Waals surface area contributed by atoms with Gasteiger partial charge in [-0.1, -0.05) is 17.4 Å². The van der Waals surface area contributed by atoms with Crippen LogP contribution in [0.15, 0.2) is 45.8 Å². The average Bonchev–Trinajstić information content (AvgIpc) is 3.71. The number of methoxy groups -OCH3 is 1. The standard InChI is InChI=1S/C36H39N3O7S2/c1-7-44-26-15-14-22(17-27(26)45-8-2)31-25(34(41)43-6)19-37-36-39(31)32(40)29(48-36)18-23-16-20(4)38(21(23)5)33-30(35(42)46-9-3)24-12-10-11-13-28(24)47-33/h14-19,31H,7-13H2,1-6H3/b29-18-/t31-/m0/s1. The number of thiophene rings is 1. The number of rotatable bonds is 10. The fourth-order valence-electron chi connectivity index (χ4n) is 6.50. The Morgan fingerprint density at radius 1 is 0.979 bits per heavy atom. The molecular formula is C36H39N3O7S2. The van der Waals surface area contributed by atoms with Gasteiger partial charge >= 0.3 is 11.9 Å². The number of carbonyl (C=O) groups is 2. The van der Waals surface area contributed by atoms with E-state index < -0.39 is 12.0 Å². The number of benzene rings is 1. The van der Waals surface area contributed by atoms with Gasteiger partial charge in [0, 0.05) is 22.5 Å². The van der Waals surface area contributed by atoms with Crippen molar-refractivity contribution in [1.29, 1.82) is 0 Å². The monoisotopic (exact) mass is 689 g/mol. The van der Waals surface area contributed by atoms with Gasteiger partial charge in [0.15, 0.2) is 16.3 Å². The van der Waals surface area contributed by atoms with Gasteiger partial charge in [-0.3, -0.25) is 9.36 Å². The Morgan fingerprint density at radius 3 is 2.46 bits per heavy atom. The van der Waals surface area contributed by atoms with Crippen molar-refractivity contribution >= 4 is 40.7 Å². The summed E-state index contributed by atoms with van der Waals surface area (Å²) in [7, 11) is 1.31. The first-order chi connectivity index (χ1) is 23.2. The van der Waals surface area contributed by atoms with Crippen LogP contribution in [0, 0.1) is 13.8 Å². The summed E-state index contributed by atoms with van der Waals surface area (Å²) in [5, 5.41) is 0.861. The van der Waals surface area contributed by atoms with Crippen molar-refractivity contribution in [2.75, 3.05) is 26.9 Å². The van der Waals surface area contributed by atoms with Gasteiger partial charge < -0.3 is 23.5 Å². The number of nitrogens with zero attached hydrogens (tertiary/aromatic N) is 3. The molecule has 12 heteroatoms. The Balaban J connectivity index is 1.48. The van der Waals surface area contributed by atoms with E-state index in [9.17, 15) is 14.4 Å². The zero-order valence-electron chi connectivity index (χ0n) is 28.0. The summed E-state index contributed by atoms with van der Waals surface area (Å²) in [6, 6.07) is 6.65. The Bertz CT molecular complexity index is 2110. The highest BCUT2D eigenvalue weighted by Crippen LogP contribution is 2.39. The number of fused-ring (bicyclic) bond motifs is 2. The molecule has 6 rings (SSSR count). The third-order valence-electron chi connectivity index (χ3n) is 8.60. The summed E-state index contributed by atoms with van der Waals surface area (Å²) in [6.07, 6.45) is 7.31. The lowest BCUT2D eigenvalue weighted by Crippen LogP contribution is -2.39. The maximum Gasteiger partial charge on any atom is 0.341 e. The molecule has 0 N–H and O–H groups in total. The molecule has 0 unspecified atom stereocenters. The molecule has 1 aromatic carbocycles. The van der Waals surface area contributed by atoms with Crippen LogP contribution in [-0.2, 0) is 27.1 Å². The van der Waals surface area contributed by atoms with E-state index in [1.165, 1.54) is 29.5 Å². The van der Waals surface area contributed by atoms with Crippen LogP contribution in [-0.4, -0.2) is 48.0 Å². The van der Waals surface area contributed by atoms with E-state index in [1.54, 1.807) is 28.0 Å². The predicted molar refractivity (Wildman–Crippen MR) is 186 cm³/mol. The average molecular weight is 690 g/mol. The molecule has 3 aromatic heterocycles. The Morgan fingerprint density at radius 2 is 1.73 bits per heavy atom. The molecule has 2 aliphatic rings. The number of hydrogen-bond donors (Lipinski definition) is 0. The quantitative estimate of drug-likeness (QED) is 0.207. The molecule has 252 valence electrons. The number of esters is 2. The lowest BCUT2D eigenvalue weighted by molar-refractivity contribution is -0.136. The van der Waals surface area contributed by atoms with E-state index in [0.29, 0.717) is 51.8 Å². The zero-order chi connectivity index (χ0) is 34.1. The van der Waals surface area contributed by atoms with E-state index in [-0.39, 0.29) is 17.1 Å². The fraction of sp³-hybridized carbons (Fsp3) is 0.389. The maximum absolute atomic E-state index is 14.2. The second-order valence-electron chi connectivity index (χ2n) is 11.5.